The first-order valence-electron chi connectivity index (χ1n) is 5.45. The molecule has 0 spiro atoms. The van der Waals surface area contributed by atoms with Crippen LogP contribution >= 0.6 is 0 Å². The number of ether oxygens (including phenoxy) is 1. The number of nitrogens with two attached hydrogens (primary N) is 1. The van der Waals surface area contributed by atoms with Crippen LogP contribution in [0.2, 0.25) is 0 Å². The Bertz CT molecular complexity index is 398. The van der Waals surface area contributed by atoms with Crippen molar-refractivity contribution in [3.8, 4) is 5.88 Å². The first-order valence-corrected chi connectivity index (χ1v) is 5.45. The third-order valence-electron chi connectivity index (χ3n) is 2.70. The van der Waals surface area contributed by atoms with Gasteiger partial charge in [0, 0.05) is 6.54 Å². The number of hydrogen-bond donors (Lipinski definition) is 2. The van der Waals surface area contributed by atoms with Crippen LogP contribution in [0, 0.1) is 0 Å². The maximum atomic E-state index is 11.1. The lowest BCUT2D eigenvalue weighted by Gasteiger charge is -2.14. The molecule has 0 aromatic carbocycles. The zero-order valence-electron chi connectivity index (χ0n) is 9.11. The van der Waals surface area contributed by atoms with E-state index in [2.05, 4.69) is 14.9 Å². The highest BCUT2D eigenvalue weighted by atomic mass is 16.5. The molecule has 0 saturated carbocycles. The molecule has 2 heterocycles. The van der Waals surface area contributed by atoms with Gasteiger partial charge in [-0.15, -0.1) is 0 Å². The number of nitrogen functional groups attached to an aromatic ring is 1. The van der Waals surface area contributed by atoms with Crippen molar-refractivity contribution in [2.45, 2.75) is 12.8 Å². The second-order valence-electron chi connectivity index (χ2n) is 3.85. The summed E-state index contributed by atoms with van der Waals surface area (Å²) in [7, 11) is 0. The van der Waals surface area contributed by atoms with Gasteiger partial charge in [-0.3, -0.25) is 9.69 Å². The zero-order chi connectivity index (χ0) is 11.4. The van der Waals surface area contributed by atoms with E-state index in [1.807, 2.05) is 0 Å². The average molecular weight is 224 g/mol. The highest BCUT2D eigenvalue weighted by molar-refractivity contribution is 5.44. The summed E-state index contributed by atoms with van der Waals surface area (Å²) in [6.45, 7) is 3.62. The Labute approximate surface area is 93.4 Å². The Morgan fingerprint density at radius 3 is 3.00 bits per heavy atom. The first kappa shape index (κ1) is 10.9. The van der Waals surface area contributed by atoms with Crippen LogP contribution in [0.3, 0.4) is 0 Å². The maximum absolute atomic E-state index is 11.1. The summed E-state index contributed by atoms with van der Waals surface area (Å²) in [5.74, 6) is 0.225. The summed E-state index contributed by atoms with van der Waals surface area (Å²) in [6, 6.07) is 0. The monoisotopic (exact) mass is 224 g/mol. The molecule has 6 nitrogen and oxygen atoms in total. The molecule has 0 bridgehead atoms. The zero-order valence-corrected chi connectivity index (χ0v) is 9.11. The molecule has 1 aromatic heterocycles. The molecule has 0 amide bonds. The van der Waals surface area contributed by atoms with Crippen LogP contribution in [0.4, 0.5) is 5.69 Å². The van der Waals surface area contributed by atoms with E-state index in [4.69, 9.17) is 10.5 Å². The quantitative estimate of drug-likeness (QED) is 0.741. The number of aromatic nitrogens is 2. The number of H-pyrrole nitrogens is 1. The van der Waals surface area contributed by atoms with Gasteiger partial charge in [-0.25, -0.2) is 4.98 Å². The van der Waals surface area contributed by atoms with Gasteiger partial charge in [0.25, 0.3) is 5.56 Å². The molecule has 1 saturated heterocycles. The van der Waals surface area contributed by atoms with Crippen LogP contribution in [0.15, 0.2) is 11.1 Å². The van der Waals surface area contributed by atoms with Crippen molar-refractivity contribution in [2.24, 2.45) is 0 Å². The molecule has 1 aromatic rings. The molecule has 1 fully saturated rings. The molecule has 3 N–H and O–H groups in total. The third kappa shape index (κ3) is 2.52. The summed E-state index contributed by atoms with van der Waals surface area (Å²) in [6.07, 6.45) is 3.81. The minimum Gasteiger partial charge on any atom is -0.475 e. The molecule has 88 valence electrons. The fraction of sp³-hybridized carbons (Fsp3) is 0.600. The smallest absolute Gasteiger partial charge is 0.277 e. The summed E-state index contributed by atoms with van der Waals surface area (Å²) in [4.78, 5) is 19.7. The number of likely N-dealkylation sites (tertiary alicyclic amines) is 1. The summed E-state index contributed by atoms with van der Waals surface area (Å²) >= 11 is 0. The van der Waals surface area contributed by atoms with Crippen LogP contribution in [0.25, 0.3) is 0 Å². The lowest BCUT2D eigenvalue weighted by molar-refractivity contribution is 0.232. The lowest BCUT2D eigenvalue weighted by Crippen LogP contribution is -2.26. The predicted octanol–water partition coefficient (Wildman–Crippen LogP) is -0.173. The normalized spacial score (nSPS) is 16.5. The fourth-order valence-electron chi connectivity index (χ4n) is 1.79. The van der Waals surface area contributed by atoms with Crippen LogP contribution in [-0.4, -0.2) is 41.1 Å². The molecule has 0 unspecified atom stereocenters. The Balaban J connectivity index is 1.84. The van der Waals surface area contributed by atoms with E-state index in [1.54, 1.807) is 0 Å². The van der Waals surface area contributed by atoms with E-state index in [0.29, 0.717) is 6.61 Å². The molecule has 0 radical (unpaired) electrons. The third-order valence-corrected chi connectivity index (χ3v) is 2.70. The van der Waals surface area contributed by atoms with Gasteiger partial charge in [0.1, 0.15) is 6.61 Å². The van der Waals surface area contributed by atoms with Crippen molar-refractivity contribution in [3.05, 3.63) is 16.7 Å². The highest BCUT2D eigenvalue weighted by Gasteiger charge is 2.11. The SMILES string of the molecule is Nc1c(OCCN2CCCC2)nc[nH]c1=O. The van der Waals surface area contributed by atoms with Crippen molar-refractivity contribution in [3.63, 3.8) is 0 Å². The fourth-order valence-corrected chi connectivity index (χ4v) is 1.79. The molecule has 16 heavy (non-hydrogen) atoms. The second-order valence-corrected chi connectivity index (χ2v) is 3.85. The molecule has 6 heteroatoms. The van der Waals surface area contributed by atoms with E-state index in [1.165, 1.54) is 19.2 Å². The van der Waals surface area contributed by atoms with E-state index in [9.17, 15) is 4.79 Å². The van der Waals surface area contributed by atoms with Gasteiger partial charge in [-0.05, 0) is 25.9 Å². The minimum atomic E-state index is -0.355. The van der Waals surface area contributed by atoms with E-state index < -0.39 is 0 Å². The largest absolute Gasteiger partial charge is 0.475 e. The summed E-state index contributed by atoms with van der Waals surface area (Å²) in [5, 5.41) is 0. The van der Waals surface area contributed by atoms with Gasteiger partial charge in [0.05, 0.1) is 6.33 Å². The Hall–Kier alpha value is -1.56. The van der Waals surface area contributed by atoms with Crippen LogP contribution in [0.5, 0.6) is 5.88 Å². The topological polar surface area (TPSA) is 84.2 Å². The van der Waals surface area contributed by atoms with Gasteiger partial charge in [-0.1, -0.05) is 0 Å². The molecule has 1 aliphatic heterocycles. The van der Waals surface area contributed by atoms with Crippen molar-refractivity contribution in [1.82, 2.24) is 14.9 Å². The minimum absolute atomic E-state index is 0.0453. The Kier molecular flexibility index (Phi) is 3.40. The van der Waals surface area contributed by atoms with Gasteiger partial charge >= 0.3 is 0 Å². The van der Waals surface area contributed by atoms with Gasteiger partial charge in [-0.2, -0.15) is 0 Å². The number of rotatable bonds is 4. The molecule has 0 atom stereocenters. The van der Waals surface area contributed by atoms with Crippen molar-refractivity contribution < 1.29 is 4.74 Å². The average Bonchev–Trinajstić information content (AvgIpc) is 2.77. The Morgan fingerprint density at radius 2 is 2.25 bits per heavy atom. The van der Waals surface area contributed by atoms with Crippen LogP contribution in [-0.2, 0) is 0 Å². The van der Waals surface area contributed by atoms with E-state index in [0.717, 1.165) is 19.6 Å². The Morgan fingerprint density at radius 1 is 1.50 bits per heavy atom. The maximum Gasteiger partial charge on any atom is 0.277 e. The molecular formula is C10H16N4O2. The van der Waals surface area contributed by atoms with Crippen LogP contribution < -0.4 is 16.0 Å². The van der Waals surface area contributed by atoms with Gasteiger partial charge < -0.3 is 15.5 Å². The number of anilines is 1. The van der Waals surface area contributed by atoms with Crippen molar-refractivity contribution in [1.29, 1.82) is 0 Å². The highest BCUT2D eigenvalue weighted by Crippen LogP contribution is 2.11. The molecule has 0 aliphatic carbocycles. The molecule has 2 rings (SSSR count). The molecule has 1 aliphatic rings. The first-order chi connectivity index (χ1) is 7.77. The van der Waals surface area contributed by atoms with E-state index in [-0.39, 0.29) is 17.1 Å². The molecular weight excluding hydrogens is 208 g/mol. The number of aromatic amines is 1. The van der Waals surface area contributed by atoms with Gasteiger partial charge in [0.2, 0.25) is 5.88 Å². The second kappa shape index (κ2) is 4.98. The van der Waals surface area contributed by atoms with Gasteiger partial charge in [0.15, 0.2) is 5.69 Å². The lowest BCUT2D eigenvalue weighted by atomic mass is 10.4. The summed E-state index contributed by atoms with van der Waals surface area (Å²) in [5.41, 5.74) is 5.22. The van der Waals surface area contributed by atoms with Crippen molar-refractivity contribution in [2.75, 3.05) is 32.0 Å². The standard InChI is InChI=1S/C10H16N4O2/c11-8-9(15)12-7-13-10(8)16-6-5-14-3-1-2-4-14/h7H,1-6,11H2,(H,12,13,15). The number of nitrogens with zero attached hydrogens (tertiary/aromatic N) is 2. The number of hydrogen-bond acceptors (Lipinski definition) is 5. The van der Waals surface area contributed by atoms with Crippen molar-refractivity contribution >= 4 is 5.69 Å². The summed E-state index contributed by atoms with van der Waals surface area (Å²) < 4.78 is 5.38. The van der Waals surface area contributed by atoms with E-state index >= 15 is 0 Å². The predicted molar refractivity (Wildman–Crippen MR) is 60.4 cm³/mol. The number of nitrogens with one attached hydrogen (secondary N) is 1. The van der Waals surface area contributed by atoms with Crippen LogP contribution in [0.1, 0.15) is 12.8 Å².